The quantitative estimate of drug-likeness (QED) is 0.167. The van der Waals surface area contributed by atoms with Crippen LogP contribution >= 0.6 is 0 Å². The van der Waals surface area contributed by atoms with Crippen LogP contribution in [0, 0.1) is 0 Å². The van der Waals surface area contributed by atoms with Gasteiger partial charge < -0.3 is 9.72 Å². The van der Waals surface area contributed by atoms with E-state index in [1.807, 2.05) is 30.6 Å². The van der Waals surface area contributed by atoms with Gasteiger partial charge >= 0.3 is 0 Å². The smallest absolute Gasteiger partial charge is 0.267 e. The van der Waals surface area contributed by atoms with Crippen LogP contribution in [0.25, 0.3) is 17.0 Å². The molecule has 0 fully saturated rings. The molecular weight excluding hydrogens is 442 g/mol. The van der Waals surface area contributed by atoms with Crippen LogP contribution in [-0.4, -0.2) is 44.9 Å². The summed E-state index contributed by atoms with van der Waals surface area (Å²) in [5.74, 6) is 0.312. The van der Waals surface area contributed by atoms with Gasteiger partial charge in [0.15, 0.2) is 0 Å². The zero-order valence-corrected chi connectivity index (χ0v) is 19.6. The Balaban J connectivity index is 1.37. The van der Waals surface area contributed by atoms with Gasteiger partial charge in [-0.1, -0.05) is 18.2 Å². The third-order valence-electron chi connectivity index (χ3n) is 6.77. The molecule has 0 saturated carbocycles. The Hall–Kier alpha value is -3.88. The van der Waals surface area contributed by atoms with Gasteiger partial charge in [-0.3, -0.25) is 20.0 Å². The summed E-state index contributed by atoms with van der Waals surface area (Å²) in [6, 6.07) is 12.8. The molecule has 0 aliphatic heterocycles. The number of nitrogens with one attached hydrogen (secondary N) is 3. The van der Waals surface area contributed by atoms with Crippen LogP contribution in [0.4, 0.5) is 0 Å². The number of amides is 1. The summed E-state index contributed by atoms with van der Waals surface area (Å²) in [6.07, 6.45) is 12.0. The minimum atomic E-state index is -0.537. The van der Waals surface area contributed by atoms with Crippen LogP contribution in [0.5, 0.6) is 5.75 Å². The van der Waals surface area contributed by atoms with Crippen LogP contribution in [0.2, 0.25) is 0 Å². The van der Waals surface area contributed by atoms with Crippen LogP contribution < -0.4 is 10.2 Å². The molecule has 0 spiro atoms. The number of hydroxylamine groups is 1. The molecule has 35 heavy (non-hydrogen) atoms. The lowest BCUT2D eigenvalue weighted by Crippen LogP contribution is -2.29. The number of nitrogens with zero attached hydrogens (tertiary/aromatic N) is 2. The molecule has 1 aliphatic rings. The molecule has 180 valence electrons. The molecule has 2 aromatic heterocycles. The number of rotatable bonds is 9. The Morgan fingerprint density at radius 1 is 1.29 bits per heavy atom. The van der Waals surface area contributed by atoms with Gasteiger partial charge in [0.1, 0.15) is 5.75 Å². The Labute approximate surface area is 203 Å². The molecule has 2 aromatic carbocycles. The van der Waals surface area contributed by atoms with E-state index in [0.29, 0.717) is 6.04 Å². The summed E-state index contributed by atoms with van der Waals surface area (Å²) in [5, 5.41) is 17.0. The van der Waals surface area contributed by atoms with Crippen molar-refractivity contribution in [2.24, 2.45) is 0 Å². The average Bonchev–Trinajstić information content (AvgIpc) is 3.64. The van der Waals surface area contributed by atoms with Crippen LogP contribution in [0.3, 0.4) is 0 Å². The monoisotopic (exact) mass is 471 g/mol. The lowest BCUT2D eigenvalue weighted by molar-refractivity contribution is -0.124. The maximum Gasteiger partial charge on any atom is 0.267 e. The van der Waals surface area contributed by atoms with Gasteiger partial charge in [-0.2, -0.15) is 5.10 Å². The van der Waals surface area contributed by atoms with Crippen molar-refractivity contribution in [1.82, 2.24) is 25.6 Å². The van der Waals surface area contributed by atoms with Crippen molar-refractivity contribution in [1.29, 1.82) is 0 Å². The minimum Gasteiger partial charge on any atom is -0.497 e. The molecule has 4 aromatic rings. The van der Waals surface area contributed by atoms with Gasteiger partial charge in [-0.25, -0.2) is 5.48 Å². The first-order chi connectivity index (χ1) is 17.1. The molecule has 0 radical (unpaired) electrons. The summed E-state index contributed by atoms with van der Waals surface area (Å²) in [7, 11) is 1.68. The third-order valence-corrected chi connectivity index (χ3v) is 6.77. The fourth-order valence-electron chi connectivity index (χ4n) is 5.01. The lowest BCUT2D eigenvalue weighted by Gasteiger charge is -2.29. The fourth-order valence-corrected chi connectivity index (χ4v) is 5.01. The molecule has 0 saturated heterocycles. The van der Waals surface area contributed by atoms with E-state index in [4.69, 9.17) is 9.94 Å². The number of hydrogen-bond donors (Lipinski definition) is 4. The molecule has 1 unspecified atom stereocenters. The van der Waals surface area contributed by atoms with E-state index in [2.05, 4.69) is 44.5 Å². The zero-order chi connectivity index (χ0) is 24.2. The number of hydrogen-bond acceptors (Lipinski definition) is 5. The lowest BCUT2D eigenvalue weighted by atomic mass is 10.0. The van der Waals surface area contributed by atoms with E-state index >= 15 is 0 Å². The van der Waals surface area contributed by atoms with Crippen molar-refractivity contribution in [2.45, 2.75) is 31.8 Å². The maximum absolute atomic E-state index is 11.3. The molecule has 5 rings (SSSR count). The summed E-state index contributed by atoms with van der Waals surface area (Å²) in [4.78, 5) is 17.2. The number of benzene rings is 2. The minimum absolute atomic E-state index is 0.309. The van der Waals surface area contributed by atoms with E-state index in [9.17, 15) is 4.79 Å². The first kappa shape index (κ1) is 22.9. The van der Waals surface area contributed by atoms with E-state index in [0.717, 1.165) is 54.7 Å². The molecule has 1 aliphatic carbocycles. The molecule has 8 nitrogen and oxygen atoms in total. The van der Waals surface area contributed by atoms with E-state index in [1.54, 1.807) is 18.7 Å². The highest BCUT2D eigenvalue weighted by molar-refractivity contribution is 5.90. The number of methoxy groups -OCH3 is 1. The second-order valence-corrected chi connectivity index (χ2v) is 8.87. The number of aromatic amines is 2. The standard InChI is InChI=1S/C27H29N5O3/c1-35-22-5-7-23-21(16-28-25(23)13-22)10-11-32(17-19-14-29-30-15-19)26-8-4-20-12-18(2-6-24(20)26)3-9-27(33)31-34/h2-3,5-7,9,12-16,26,28,34H,4,8,10-11,17H2,1H3,(H,29,30)(H,31,33). The Kier molecular flexibility index (Phi) is 6.65. The van der Waals surface area contributed by atoms with Crippen LogP contribution in [0.1, 0.15) is 40.3 Å². The maximum atomic E-state index is 11.3. The molecule has 4 N–H and O–H groups in total. The summed E-state index contributed by atoms with van der Waals surface area (Å²) >= 11 is 0. The molecule has 2 heterocycles. The fraction of sp³-hybridized carbons (Fsp3) is 0.259. The Bertz CT molecular complexity index is 1340. The van der Waals surface area contributed by atoms with Gasteiger partial charge in [-0.05, 0) is 59.7 Å². The van der Waals surface area contributed by atoms with Gasteiger partial charge in [0, 0.05) is 60.1 Å². The van der Waals surface area contributed by atoms with Crippen LogP contribution in [0.15, 0.2) is 61.1 Å². The van der Waals surface area contributed by atoms with Crippen molar-refractivity contribution in [3.63, 3.8) is 0 Å². The molecule has 0 bridgehead atoms. The van der Waals surface area contributed by atoms with Gasteiger partial charge in [0.2, 0.25) is 0 Å². The Morgan fingerprint density at radius 2 is 2.20 bits per heavy atom. The normalized spacial score (nSPS) is 15.2. The summed E-state index contributed by atoms with van der Waals surface area (Å²) in [6.45, 7) is 1.72. The van der Waals surface area contributed by atoms with Crippen molar-refractivity contribution in [3.05, 3.63) is 88.9 Å². The zero-order valence-electron chi connectivity index (χ0n) is 19.6. The van der Waals surface area contributed by atoms with E-state index in [-0.39, 0.29) is 0 Å². The largest absolute Gasteiger partial charge is 0.497 e. The van der Waals surface area contributed by atoms with Crippen LogP contribution in [-0.2, 0) is 24.2 Å². The third kappa shape index (κ3) is 4.99. The number of carbonyl (C=O) groups excluding carboxylic acids is 1. The number of fused-ring (bicyclic) bond motifs is 2. The summed E-state index contributed by atoms with van der Waals surface area (Å²) < 4.78 is 5.36. The second-order valence-electron chi connectivity index (χ2n) is 8.87. The molecule has 1 amide bonds. The molecule has 8 heteroatoms. The summed E-state index contributed by atoms with van der Waals surface area (Å²) in [5.41, 5.74) is 8.75. The predicted octanol–water partition coefficient (Wildman–Crippen LogP) is 4.15. The van der Waals surface area contributed by atoms with Crippen molar-refractivity contribution >= 4 is 22.9 Å². The number of carbonyl (C=O) groups is 1. The first-order valence-corrected chi connectivity index (χ1v) is 11.8. The highest BCUT2D eigenvalue weighted by atomic mass is 16.5. The molecule has 1 atom stereocenters. The average molecular weight is 472 g/mol. The first-order valence-electron chi connectivity index (χ1n) is 11.8. The van der Waals surface area contributed by atoms with Crippen molar-refractivity contribution < 1.29 is 14.7 Å². The number of H-pyrrole nitrogens is 2. The van der Waals surface area contributed by atoms with E-state index in [1.165, 1.54) is 28.2 Å². The van der Waals surface area contributed by atoms with Gasteiger partial charge in [0.25, 0.3) is 5.91 Å². The highest BCUT2D eigenvalue weighted by Gasteiger charge is 2.28. The number of aromatic nitrogens is 3. The van der Waals surface area contributed by atoms with Crippen molar-refractivity contribution in [3.8, 4) is 5.75 Å². The number of ether oxygens (including phenoxy) is 1. The second kappa shape index (κ2) is 10.2. The SMILES string of the molecule is COc1ccc2c(CCN(Cc3cn[nH]c3)C3CCc4cc(C=CC(=O)NO)ccc43)c[nH]c2c1. The van der Waals surface area contributed by atoms with Gasteiger partial charge in [0.05, 0.1) is 13.3 Å². The van der Waals surface area contributed by atoms with Crippen molar-refractivity contribution in [2.75, 3.05) is 13.7 Å². The molecular formula is C27H29N5O3. The highest BCUT2D eigenvalue weighted by Crippen LogP contribution is 2.37. The number of aryl methyl sites for hydroxylation is 1. The van der Waals surface area contributed by atoms with Gasteiger partial charge in [-0.15, -0.1) is 0 Å². The topological polar surface area (TPSA) is 106 Å². The van der Waals surface area contributed by atoms with E-state index < -0.39 is 5.91 Å². The predicted molar refractivity (Wildman–Crippen MR) is 134 cm³/mol. The Morgan fingerprint density at radius 3 is 3.00 bits per heavy atom.